The van der Waals surface area contributed by atoms with Crippen molar-refractivity contribution in [3.05, 3.63) is 35.4 Å². The Kier molecular flexibility index (Phi) is 4.42. The fourth-order valence-corrected chi connectivity index (χ4v) is 2.88. The molecule has 1 aliphatic carbocycles. The van der Waals surface area contributed by atoms with Crippen LogP contribution in [0, 0.1) is 18.8 Å². The number of amides is 1. The largest absolute Gasteiger partial charge is 0.481 e. The van der Waals surface area contributed by atoms with Gasteiger partial charge in [0.15, 0.2) is 0 Å². The third-order valence-corrected chi connectivity index (χ3v) is 4.07. The second kappa shape index (κ2) is 6.07. The van der Waals surface area contributed by atoms with Crippen LogP contribution >= 0.6 is 0 Å². The lowest BCUT2D eigenvalue weighted by Crippen LogP contribution is -2.36. The van der Waals surface area contributed by atoms with Crippen LogP contribution < -0.4 is 0 Å². The number of carbonyl (C=O) groups is 2. The maximum Gasteiger partial charge on any atom is 0.307 e. The summed E-state index contributed by atoms with van der Waals surface area (Å²) in [7, 11) is 1.75. The fourth-order valence-electron chi connectivity index (χ4n) is 2.88. The van der Waals surface area contributed by atoms with E-state index < -0.39 is 11.9 Å². The highest BCUT2D eigenvalue weighted by molar-refractivity contribution is 5.85. The molecule has 0 saturated heterocycles. The molecule has 1 saturated carbocycles. The first kappa shape index (κ1) is 14.6. The molecular weight excluding hydrogens is 254 g/mol. The molecule has 108 valence electrons. The van der Waals surface area contributed by atoms with E-state index in [-0.39, 0.29) is 11.8 Å². The van der Waals surface area contributed by atoms with Crippen LogP contribution in [0.2, 0.25) is 0 Å². The molecule has 0 aromatic heterocycles. The van der Waals surface area contributed by atoms with Gasteiger partial charge in [0, 0.05) is 13.6 Å². The van der Waals surface area contributed by atoms with Gasteiger partial charge < -0.3 is 10.0 Å². The molecule has 0 aliphatic heterocycles. The van der Waals surface area contributed by atoms with Crippen LogP contribution in [0.25, 0.3) is 0 Å². The minimum atomic E-state index is -0.843. The van der Waals surface area contributed by atoms with Gasteiger partial charge in [0.05, 0.1) is 11.8 Å². The Morgan fingerprint density at radius 2 is 1.80 bits per heavy atom. The number of carboxylic acids is 1. The maximum absolute atomic E-state index is 12.4. The average molecular weight is 275 g/mol. The van der Waals surface area contributed by atoms with E-state index in [2.05, 4.69) is 0 Å². The summed E-state index contributed by atoms with van der Waals surface area (Å²) in [5.74, 6) is -1.76. The predicted molar refractivity (Wildman–Crippen MR) is 76.1 cm³/mol. The van der Waals surface area contributed by atoms with Gasteiger partial charge in [-0.3, -0.25) is 9.59 Å². The van der Waals surface area contributed by atoms with Crippen molar-refractivity contribution in [3.8, 4) is 0 Å². The first-order valence-corrected chi connectivity index (χ1v) is 7.02. The van der Waals surface area contributed by atoms with Crippen LogP contribution in [0.5, 0.6) is 0 Å². The van der Waals surface area contributed by atoms with Gasteiger partial charge in [-0.15, -0.1) is 0 Å². The summed E-state index contributed by atoms with van der Waals surface area (Å²) in [5, 5.41) is 9.16. The van der Waals surface area contributed by atoms with Gasteiger partial charge in [-0.2, -0.15) is 0 Å². The minimum Gasteiger partial charge on any atom is -0.481 e. The molecule has 2 atom stereocenters. The molecule has 0 bridgehead atoms. The summed E-state index contributed by atoms with van der Waals surface area (Å²) < 4.78 is 0. The normalized spacial score (nSPS) is 21.7. The van der Waals surface area contributed by atoms with E-state index in [1.807, 2.05) is 31.2 Å². The maximum atomic E-state index is 12.4. The molecule has 1 aliphatic rings. The number of nitrogens with zero attached hydrogens (tertiary/aromatic N) is 1. The second-order valence-corrected chi connectivity index (χ2v) is 5.66. The zero-order valence-corrected chi connectivity index (χ0v) is 12.0. The monoisotopic (exact) mass is 275 g/mol. The zero-order valence-electron chi connectivity index (χ0n) is 12.0. The van der Waals surface area contributed by atoms with Gasteiger partial charge in [-0.25, -0.2) is 0 Å². The van der Waals surface area contributed by atoms with Crippen molar-refractivity contribution in [2.45, 2.75) is 32.7 Å². The van der Waals surface area contributed by atoms with Crippen molar-refractivity contribution < 1.29 is 14.7 Å². The molecule has 0 spiro atoms. The smallest absolute Gasteiger partial charge is 0.307 e. The molecule has 0 radical (unpaired) electrons. The van der Waals surface area contributed by atoms with Crippen molar-refractivity contribution >= 4 is 11.9 Å². The standard InChI is InChI=1S/C16H21NO3/c1-11-6-8-12(9-7-11)10-17(2)15(18)13-4-3-5-14(13)16(19)20/h6-9,13-14H,3-5,10H2,1-2H3,(H,19,20)/t13-,14+/m1/s1. The molecule has 0 unspecified atom stereocenters. The topological polar surface area (TPSA) is 57.6 Å². The van der Waals surface area contributed by atoms with Crippen LogP contribution in [0.15, 0.2) is 24.3 Å². The van der Waals surface area contributed by atoms with Crippen molar-refractivity contribution in [1.29, 1.82) is 0 Å². The van der Waals surface area contributed by atoms with Crippen LogP contribution in [0.1, 0.15) is 30.4 Å². The first-order valence-electron chi connectivity index (χ1n) is 7.02. The molecule has 1 aromatic carbocycles. The predicted octanol–water partition coefficient (Wildman–Crippen LogP) is 2.45. The van der Waals surface area contributed by atoms with Crippen LogP contribution in [0.4, 0.5) is 0 Å². The molecule has 1 aromatic rings. The Balaban J connectivity index is 2.01. The lowest BCUT2D eigenvalue weighted by Gasteiger charge is -2.23. The molecule has 1 amide bonds. The summed E-state index contributed by atoms with van der Waals surface area (Å²) >= 11 is 0. The van der Waals surface area contributed by atoms with Gasteiger partial charge in [-0.1, -0.05) is 36.2 Å². The third kappa shape index (κ3) is 3.18. The van der Waals surface area contributed by atoms with Crippen molar-refractivity contribution in [2.75, 3.05) is 7.05 Å². The third-order valence-electron chi connectivity index (χ3n) is 4.07. The number of benzene rings is 1. The highest BCUT2D eigenvalue weighted by Crippen LogP contribution is 2.33. The molecule has 0 heterocycles. The van der Waals surface area contributed by atoms with E-state index in [1.165, 1.54) is 5.56 Å². The first-order chi connectivity index (χ1) is 9.49. The Hall–Kier alpha value is -1.84. The fraction of sp³-hybridized carbons (Fsp3) is 0.500. The van der Waals surface area contributed by atoms with Crippen molar-refractivity contribution in [3.63, 3.8) is 0 Å². The minimum absolute atomic E-state index is 0.0459. The highest BCUT2D eigenvalue weighted by atomic mass is 16.4. The lowest BCUT2D eigenvalue weighted by atomic mass is 9.94. The number of rotatable bonds is 4. The number of carboxylic acid groups (broad SMARTS) is 1. The number of carbonyl (C=O) groups excluding carboxylic acids is 1. The lowest BCUT2D eigenvalue weighted by molar-refractivity contribution is -0.148. The Bertz CT molecular complexity index is 495. The van der Waals surface area contributed by atoms with Gasteiger partial charge >= 0.3 is 5.97 Å². The Morgan fingerprint density at radius 3 is 2.40 bits per heavy atom. The summed E-state index contributed by atoms with van der Waals surface area (Å²) in [4.78, 5) is 25.2. The molecule has 4 heteroatoms. The van der Waals surface area contributed by atoms with Crippen LogP contribution in [-0.2, 0) is 16.1 Å². The van der Waals surface area contributed by atoms with E-state index >= 15 is 0 Å². The van der Waals surface area contributed by atoms with Crippen LogP contribution in [-0.4, -0.2) is 28.9 Å². The second-order valence-electron chi connectivity index (χ2n) is 5.66. The molecule has 4 nitrogen and oxygen atoms in total. The molecular formula is C16H21NO3. The number of hydrogen-bond donors (Lipinski definition) is 1. The van der Waals surface area contributed by atoms with E-state index in [9.17, 15) is 9.59 Å². The molecule has 1 fully saturated rings. The molecule has 20 heavy (non-hydrogen) atoms. The number of aliphatic carboxylic acids is 1. The summed E-state index contributed by atoms with van der Waals surface area (Å²) in [6.07, 6.45) is 2.13. The SMILES string of the molecule is Cc1ccc(CN(C)C(=O)[C@@H]2CCC[C@@H]2C(=O)O)cc1. The average Bonchev–Trinajstić information content (AvgIpc) is 2.90. The summed E-state index contributed by atoms with van der Waals surface area (Å²) in [5.41, 5.74) is 2.25. The molecule has 2 rings (SSSR count). The van der Waals surface area contributed by atoms with Gasteiger partial charge in [0.25, 0.3) is 0 Å². The number of hydrogen-bond acceptors (Lipinski definition) is 2. The van der Waals surface area contributed by atoms with Gasteiger partial charge in [0.1, 0.15) is 0 Å². The summed E-state index contributed by atoms with van der Waals surface area (Å²) in [6.45, 7) is 2.55. The van der Waals surface area contributed by atoms with E-state index in [0.717, 1.165) is 12.0 Å². The van der Waals surface area contributed by atoms with E-state index in [4.69, 9.17) is 5.11 Å². The molecule has 1 N–H and O–H groups in total. The van der Waals surface area contributed by atoms with Crippen LogP contribution in [0.3, 0.4) is 0 Å². The Morgan fingerprint density at radius 1 is 1.20 bits per heavy atom. The van der Waals surface area contributed by atoms with E-state index in [0.29, 0.717) is 19.4 Å². The van der Waals surface area contributed by atoms with E-state index in [1.54, 1.807) is 11.9 Å². The zero-order chi connectivity index (χ0) is 14.7. The number of aryl methyl sites for hydroxylation is 1. The van der Waals surface area contributed by atoms with Gasteiger partial charge in [0.2, 0.25) is 5.91 Å². The Labute approximate surface area is 119 Å². The highest BCUT2D eigenvalue weighted by Gasteiger charge is 2.38. The van der Waals surface area contributed by atoms with Crippen molar-refractivity contribution in [1.82, 2.24) is 4.90 Å². The quantitative estimate of drug-likeness (QED) is 0.918. The van der Waals surface area contributed by atoms with Crippen molar-refractivity contribution in [2.24, 2.45) is 11.8 Å². The van der Waals surface area contributed by atoms with Gasteiger partial charge in [-0.05, 0) is 25.3 Å². The summed E-state index contributed by atoms with van der Waals surface area (Å²) in [6, 6.07) is 8.04.